The van der Waals surface area contributed by atoms with E-state index < -0.39 is 0 Å². The van der Waals surface area contributed by atoms with Crippen LogP contribution in [-0.4, -0.2) is 29.9 Å². The van der Waals surface area contributed by atoms with Crippen molar-refractivity contribution < 1.29 is 9.21 Å². The summed E-state index contributed by atoms with van der Waals surface area (Å²) >= 11 is 0. The van der Waals surface area contributed by atoms with Gasteiger partial charge in [-0.1, -0.05) is 0 Å². The summed E-state index contributed by atoms with van der Waals surface area (Å²) in [5, 5.41) is 0.991. The number of rotatable bonds is 1. The largest absolute Gasteiger partial charge is 0.451 e. The molecule has 0 bridgehead atoms. The normalized spacial score (nSPS) is 16.9. The zero-order valence-electron chi connectivity index (χ0n) is 12.0. The van der Waals surface area contributed by atoms with Crippen LogP contribution in [0.4, 0.5) is 0 Å². The number of fused-ring (bicyclic) bond motifs is 1. The van der Waals surface area contributed by atoms with Gasteiger partial charge in [-0.25, -0.2) is 0 Å². The minimum absolute atomic E-state index is 0.0246. The number of likely N-dealkylation sites (tertiary alicyclic amines) is 1. The molecule has 1 saturated heterocycles. The van der Waals surface area contributed by atoms with Crippen molar-refractivity contribution in [2.24, 2.45) is 5.73 Å². The van der Waals surface area contributed by atoms with Gasteiger partial charge in [-0.3, -0.25) is 4.79 Å². The maximum atomic E-state index is 12.4. The Bertz CT molecular complexity index is 613. The van der Waals surface area contributed by atoms with Crippen LogP contribution < -0.4 is 5.73 Å². The van der Waals surface area contributed by atoms with E-state index in [4.69, 9.17) is 10.2 Å². The molecule has 2 aromatic rings. The summed E-state index contributed by atoms with van der Waals surface area (Å²) in [6, 6.07) is 6.13. The van der Waals surface area contributed by atoms with Gasteiger partial charge >= 0.3 is 0 Å². The SMILES string of the molecule is Cc1cc2cc(C(=O)N3CCC(N)CC3)oc2cc1C. The topological polar surface area (TPSA) is 59.5 Å². The van der Waals surface area contributed by atoms with Gasteiger partial charge in [-0.15, -0.1) is 0 Å². The van der Waals surface area contributed by atoms with E-state index in [-0.39, 0.29) is 11.9 Å². The van der Waals surface area contributed by atoms with E-state index in [9.17, 15) is 4.79 Å². The molecule has 3 rings (SSSR count). The number of nitrogens with two attached hydrogens (primary N) is 1. The third-order valence-electron chi connectivity index (χ3n) is 4.17. The second-order valence-electron chi connectivity index (χ2n) is 5.71. The van der Waals surface area contributed by atoms with Gasteiger partial charge in [0.2, 0.25) is 0 Å². The molecule has 0 saturated carbocycles. The third-order valence-corrected chi connectivity index (χ3v) is 4.17. The maximum Gasteiger partial charge on any atom is 0.289 e. The summed E-state index contributed by atoms with van der Waals surface area (Å²) < 4.78 is 5.72. The highest BCUT2D eigenvalue weighted by molar-refractivity contribution is 5.96. The molecule has 4 nitrogen and oxygen atoms in total. The van der Waals surface area contributed by atoms with E-state index in [1.807, 2.05) is 24.0 Å². The lowest BCUT2D eigenvalue weighted by Crippen LogP contribution is -2.42. The van der Waals surface area contributed by atoms with Gasteiger partial charge in [-0.2, -0.15) is 0 Å². The molecule has 0 aliphatic carbocycles. The molecular weight excluding hydrogens is 252 g/mol. The Morgan fingerprint density at radius 3 is 2.55 bits per heavy atom. The molecule has 1 aliphatic rings. The quantitative estimate of drug-likeness (QED) is 0.868. The molecule has 1 aliphatic heterocycles. The summed E-state index contributed by atoms with van der Waals surface area (Å²) in [7, 11) is 0. The van der Waals surface area contributed by atoms with Gasteiger partial charge in [0, 0.05) is 24.5 Å². The molecule has 106 valence electrons. The lowest BCUT2D eigenvalue weighted by atomic mass is 10.1. The Hall–Kier alpha value is -1.81. The summed E-state index contributed by atoms with van der Waals surface area (Å²) in [5.41, 5.74) is 9.04. The number of aryl methyl sites for hydroxylation is 2. The maximum absolute atomic E-state index is 12.4. The van der Waals surface area contributed by atoms with Gasteiger partial charge < -0.3 is 15.1 Å². The zero-order valence-corrected chi connectivity index (χ0v) is 12.0. The Morgan fingerprint density at radius 1 is 1.20 bits per heavy atom. The fourth-order valence-electron chi connectivity index (χ4n) is 2.67. The van der Waals surface area contributed by atoms with Crippen molar-refractivity contribution in [3.05, 3.63) is 35.1 Å². The molecular formula is C16H20N2O2. The van der Waals surface area contributed by atoms with Crippen molar-refractivity contribution in [1.82, 2.24) is 4.90 Å². The minimum atomic E-state index is -0.0246. The van der Waals surface area contributed by atoms with Gasteiger partial charge in [0.15, 0.2) is 5.76 Å². The fourth-order valence-corrected chi connectivity index (χ4v) is 2.67. The smallest absolute Gasteiger partial charge is 0.289 e. The zero-order chi connectivity index (χ0) is 14.3. The standard InChI is InChI=1S/C16H20N2O2/c1-10-7-12-9-15(20-14(12)8-11(10)2)16(19)18-5-3-13(17)4-6-18/h7-9,13H,3-6,17H2,1-2H3. The van der Waals surface area contributed by atoms with Crippen LogP contribution in [-0.2, 0) is 0 Å². The average molecular weight is 272 g/mol. The predicted molar refractivity (Wildman–Crippen MR) is 78.8 cm³/mol. The molecule has 2 heterocycles. The number of benzene rings is 1. The number of furan rings is 1. The van der Waals surface area contributed by atoms with Crippen LogP contribution >= 0.6 is 0 Å². The fraction of sp³-hybridized carbons (Fsp3) is 0.438. The second-order valence-corrected chi connectivity index (χ2v) is 5.71. The first-order valence-electron chi connectivity index (χ1n) is 7.10. The molecule has 0 unspecified atom stereocenters. The lowest BCUT2D eigenvalue weighted by molar-refractivity contribution is 0.0685. The molecule has 0 spiro atoms. The number of hydrogen-bond acceptors (Lipinski definition) is 3. The lowest BCUT2D eigenvalue weighted by Gasteiger charge is -2.29. The number of hydrogen-bond donors (Lipinski definition) is 1. The summed E-state index contributed by atoms with van der Waals surface area (Å²) in [6.07, 6.45) is 1.73. The second kappa shape index (κ2) is 4.94. The van der Waals surface area contributed by atoms with Gasteiger partial charge in [-0.05, 0) is 56.0 Å². The van der Waals surface area contributed by atoms with E-state index in [0.29, 0.717) is 5.76 Å². The number of piperidine rings is 1. The van der Waals surface area contributed by atoms with E-state index in [1.165, 1.54) is 11.1 Å². The number of nitrogens with zero attached hydrogens (tertiary/aromatic N) is 1. The molecule has 1 aromatic heterocycles. The Kier molecular flexibility index (Phi) is 3.26. The number of carbonyl (C=O) groups is 1. The van der Waals surface area contributed by atoms with E-state index >= 15 is 0 Å². The molecule has 0 atom stereocenters. The predicted octanol–water partition coefficient (Wildman–Crippen LogP) is 2.61. The van der Waals surface area contributed by atoms with E-state index in [2.05, 4.69) is 13.0 Å². The first kappa shape index (κ1) is 13.2. The molecule has 0 radical (unpaired) electrons. The van der Waals surface area contributed by atoms with Crippen LogP contribution in [0, 0.1) is 13.8 Å². The highest BCUT2D eigenvalue weighted by Gasteiger charge is 2.24. The van der Waals surface area contributed by atoms with Crippen LogP contribution in [0.25, 0.3) is 11.0 Å². The highest BCUT2D eigenvalue weighted by atomic mass is 16.3. The summed E-state index contributed by atoms with van der Waals surface area (Å²) in [6.45, 7) is 5.55. The van der Waals surface area contributed by atoms with Crippen molar-refractivity contribution in [1.29, 1.82) is 0 Å². The number of carbonyl (C=O) groups excluding carboxylic acids is 1. The Labute approximate surface area is 118 Å². The monoisotopic (exact) mass is 272 g/mol. The molecule has 20 heavy (non-hydrogen) atoms. The first-order chi connectivity index (χ1) is 9.54. The minimum Gasteiger partial charge on any atom is -0.451 e. The van der Waals surface area contributed by atoms with E-state index in [0.717, 1.165) is 36.9 Å². The summed E-state index contributed by atoms with van der Waals surface area (Å²) in [5.74, 6) is 0.406. The molecule has 4 heteroatoms. The molecule has 2 N–H and O–H groups in total. The van der Waals surface area contributed by atoms with Crippen LogP contribution in [0.1, 0.15) is 34.5 Å². The molecule has 1 fully saturated rings. The van der Waals surface area contributed by atoms with Crippen molar-refractivity contribution in [2.45, 2.75) is 32.7 Å². The van der Waals surface area contributed by atoms with Gasteiger partial charge in [0.1, 0.15) is 5.58 Å². The van der Waals surface area contributed by atoms with Crippen molar-refractivity contribution in [3.8, 4) is 0 Å². The Balaban J connectivity index is 1.88. The molecule has 1 amide bonds. The van der Waals surface area contributed by atoms with Crippen molar-refractivity contribution >= 4 is 16.9 Å². The highest BCUT2D eigenvalue weighted by Crippen LogP contribution is 2.24. The average Bonchev–Trinajstić information content (AvgIpc) is 2.82. The van der Waals surface area contributed by atoms with E-state index in [1.54, 1.807) is 0 Å². The van der Waals surface area contributed by atoms with Gasteiger partial charge in [0.05, 0.1) is 0 Å². The number of amides is 1. The Morgan fingerprint density at radius 2 is 1.85 bits per heavy atom. The van der Waals surface area contributed by atoms with Crippen LogP contribution in [0.3, 0.4) is 0 Å². The summed E-state index contributed by atoms with van der Waals surface area (Å²) in [4.78, 5) is 14.3. The van der Waals surface area contributed by atoms with Crippen molar-refractivity contribution in [3.63, 3.8) is 0 Å². The van der Waals surface area contributed by atoms with Crippen LogP contribution in [0.15, 0.2) is 22.6 Å². The molecule has 1 aromatic carbocycles. The first-order valence-corrected chi connectivity index (χ1v) is 7.10. The van der Waals surface area contributed by atoms with Crippen molar-refractivity contribution in [2.75, 3.05) is 13.1 Å². The van der Waals surface area contributed by atoms with Crippen LogP contribution in [0.5, 0.6) is 0 Å². The third kappa shape index (κ3) is 2.31. The van der Waals surface area contributed by atoms with Crippen LogP contribution in [0.2, 0.25) is 0 Å². The van der Waals surface area contributed by atoms with Gasteiger partial charge in [0.25, 0.3) is 5.91 Å².